The molecule has 7 heteroatoms. The smallest absolute Gasteiger partial charge is 0.258 e. The molecule has 0 atom stereocenters. The molecule has 0 bridgehead atoms. The van der Waals surface area contributed by atoms with Crippen molar-refractivity contribution < 1.29 is 9.18 Å². The molecule has 0 aliphatic carbocycles. The van der Waals surface area contributed by atoms with Gasteiger partial charge in [0.2, 0.25) is 5.95 Å². The standard InChI is InChI=1S/C12H10BrFN4O/c1-6-7(2)17-18-12(15-6)16-11(19)8-3-4-10(14)9(13)5-8/h3-5H,1-2H3,(H,15,16,18,19). The molecule has 0 aliphatic heterocycles. The van der Waals surface area contributed by atoms with Crippen LogP contribution in [0, 0.1) is 19.7 Å². The summed E-state index contributed by atoms with van der Waals surface area (Å²) in [6.07, 6.45) is 0. The summed E-state index contributed by atoms with van der Waals surface area (Å²) in [5, 5.41) is 10.1. The molecule has 2 rings (SSSR count). The molecule has 1 amide bonds. The number of benzene rings is 1. The monoisotopic (exact) mass is 324 g/mol. The van der Waals surface area contributed by atoms with Crippen LogP contribution in [0.25, 0.3) is 0 Å². The summed E-state index contributed by atoms with van der Waals surface area (Å²) in [4.78, 5) is 16.0. The molecule has 98 valence electrons. The third kappa shape index (κ3) is 3.11. The van der Waals surface area contributed by atoms with Crippen LogP contribution in [0.4, 0.5) is 10.3 Å². The van der Waals surface area contributed by atoms with Crippen molar-refractivity contribution in [3.05, 3.63) is 45.4 Å². The van der Waals surface area contributed by atoms with E-state index in [0.29, 0.717) is 17.0 Å². The molecule has 0 saturated carbocycles. The van der Waals surface area contributed by atoms with Crippen molar-refractivity contribution in [2.45, 2.75) is 13.8 Å². The number of nitrogens with zero attached hydrogens (tertiary/aromatic N) is 3. The van der Waals surface area contributed by atoms with Gasteiger partial charge >= 0.3 is 0 Å². The third-order valence-electron chi connectivity index (χ3n) is 2.50. The number of hydrogen-bond donors (Lipinski definition) is 1. The van der Waals surface area contributed by atoms with Crippen LogP contribution in [0.5, 0.6) is 0 Å². The van der Waals surface area contributed by atoms with Crippen molar-refractivity contribution in [3.63, 3.8) is 0 Å². The molecule has 0 aliphatic rings. The number of hydrogen-bond acceptors (Lipinski definition) is 4. The van der Waals surface area contributed by atoms with Crippen LogP contribution in [0.3, 0.4) is 0 Å². The van der Waals surface area contributed by atoms with Crippen molar-refractivity contribution in [3.8, 4) is 0 Å². The zero-order valence-electron chi connectivity index (χ0n) is 10.2. The Morgan fingerprint density at radius 3 is 2.63 bits per heavy atom. The Labute approximate surface area is 117 Å². The van der Waals surface area contributed by atoms with Crippen LogP contribution in [0.15, 0.2) is 22.7 Å². The lowest BCUT2D eigenvalue weighted by Crippen LogP contribution is -2.15. The summed E-state index contributed by atoms with van der Waals surface area (Å²) in [6, 6.07) is 3.97. The zero-order chi connectivity index (χ0) is 14.0. The van der Waals surface area contributed by atoms with E-state index in [1.165, 1.54) is 18.2 Å². The van der Waals surface area contributed by atoms with Crippen LogP contribution in [-0.4, -0.2) is 21.1 Å². The summed E-state index contributed by atoms with van der Waals surface area (Å²) in [7, 11) is 0. The lowest BCUT2D eigenvalue weighted by molar-refractivity contribution is 0.102. The van der Waals surface area contributed by atoms with Gasteiger partial charge in [-0.2, -0.15) is 5.10 Å². The topological polar surface area (TPSA) is 67.8 Å². The summed E-state index contributed by atoms with van der Waals surface area (Å²) < 4.78 is 13.3. The Kier molecular flexibility index (Phi) is 3.84. The molecule has 1 heterocycles. The van der Waals surface area contributed by atoms with Crippen molar-refractivity contribution in [2.75, 3.05) is 5.32 Å². The number of nitrogens with one attached hydrogen (secondary N) is 1. The van der Waals surface area contributed by atoms with Crippen molar-refractivity contribution in [1.29, 1.82) is 0 Å². The van der Waals surface area contributed by atoms with Gasteiger partial charge in [-0.05, 0) is 48.0 Å². The van der Waals surface area contributed by atoms with Crippen LogP contribution in [0.1, 0.15) is 21.7 Å². The third-order valence-corrected chi connectivity index (χ3v) is 3.11. The minimum atomic E-state index is -0.430. The molecule has 1 aromatic carbocycles. The number of anilines is 1. The highest BCUT2D eigenvalue weighted by atomic mass is 79.9. The van der Waals surface area contributed by atoms with E-state index in [1.807, 2.05) is 0 Å². The first kappa shape index (κ1) is 13.5. The maximum absolute atomic E-state index is 13.1. The average Bonchev–Trinajstić information content (AvgIpc) is 2.37. The highest BCUT2D eigenvalue weighted by Gasteiger charge is 2.11. The first-order valence-corrected chi connectivity index (χ1v) is 6.21. The van der Waals surface area contributed by atoms with Gasteiger partial charge in [0.15, 0.2) is 0 Å². The lowest BCUT2D eigenvalue weighted by Gasteiger charge is -2.05. The molecule has 0 fully saturated rings. The number of rotatable bonds is 2. The maximum Gasteiger partial charge on any atom is 0.258 e. The van der Waals surface area contributed by atoms with E-state index in [0.717, 1.165) is 0 Å². The van der Waals surface area contributed by atoms with Crippen molar-refractivity contribution in [1.82, 2.24) is 15.2 Å². The SMILES string of the molecule is Cc1nnc(NC(=O)c2ccc(F)c(Br)c2)nc1C. The highest BCUT2D eigenvalue weighted by Crippen LogP contribution is 2.17. The van der Waals surface area contributed by atoms with Crippen molar-refractivity contribution >= 4 is 27.8 Å². The molecule has 1 N–H and O–H groups in total. The predicted octanol–water partition coefficient (Wildman–Crippen LogP) is 2.64. The predicted molar refractivity (Wildman–Crippen MR) is 71.4 cm³/mol. The van der Waals surface area contributed by atoms with Crippen molar-refractivity contribution in [2.24, 2.45) is 0 Å². The number of amides is 1. The van der Waals surface area contributed by atoms with E-state index in [-0.39, 0.29) is 10.4 Å². The molecule has 2 aromatic rings. The summed E-state index contributed by atoms with van der Waals surface area (Å²) in [6.45, 7) is 3.55. The second kappa shape index (κ2) is 5.40. The van der Waals surface area contributed by atoms with Gasteiger partial charge in [0, 0.05) is 5.56 Å². The molecule has 0 unspecified atom stereocenters. The first-order chi connectivity index (χ1) is 8.97. The van der Waals surface area contributed by atoms with Gasteiger partial charge in [-0.25, -0.2) is 9.37 Å². The number of carbonyl (C=O) groups excluding carboxylic acids is 1. The van der Waals surface area contributed by atoms with E-state index >= 15 is 0 Å². The molecule has 19 heavy (non-hydrogen) atoms. The highest BCUT2D eigenvalue weighted by molar-refractivity contribution is 9.10. The second-order valence-corrected chi connectivity index (χ2v) is 4.74. The summed E-state index contributed by atoms with van der Waals surface area (Å²) in [5.41, 5.74) is 1.68. The Balaban J connectivity index is 2.20. The van der Waals surface area contributed by atoms with Gasteiger partial charge in [-0.1, -0.05) is 0 Å². The first-order valence-electron chi connectivity index (χ1n) is 5.41. The normalized spacial score (nSPS) is 10.3. The summed E-state index contributed by atoms with van der Waals surface area (Å²) in [5.74, 6) is -0.736. The average molecular weight is 325 g/mol. The van der Waals surface area contributed by atoms with Gasteiger partial charge in [-0.3, -0.25) is 10.1 Å². The fourth-order valence-corrected chi connectivity index (χ4v) is 1.70. The van der Waals surface area contributed by atoms with E-state index in [1.54, 1.807) is 13.8 Å². The largest absolute Gasteiger partial charge is 0.289 e. The Morgan fingerprint density at radius 1 is 1.26 bits per heavy atom. The molecular weight excluding hydrogens is 315 g/mol. The molecule has 0 spiro atoms. The number of aromatic nitrogens is 3. The van der Waals surface area contributed by atoms with Gasteiger partial charge in [0.05, 0.1) is 15.9 Å². The number of carbonyl (C=O) groups is 1. The Bertz CT molecular complexity index is 648. The molecular formula is C12H10BrFN4O. The molecule has 0 saturated heterocycles. The van der Waals surface area contributed by atoms with E-state index in [2.05, 4.69) is 36.4 Å². The van der Waals surface area contributed by atoms with Crippen LogP contribution >= 0.6 is 15.9 Å². The van der Waals surface area contributed by atoms with Crippen LogP contribution in [-0.2, 0) is 0 Å². The lowest BCUT2D eigenvalue weighted by atomic mass is 10.2. The minimum Gasteiger partial charge on any atom is -0.289 e. The maximum atomic E-state index is 13.1. The second-order valence-electron chi connectivity index (χ2n) is 3.89. The molecule has 1 aromatic heterocycles. The zero-order valence-corrected chi connectivity index (χ0v) is 11.8. The van der Waals surface area contributed by atoms with E-state index < -0.39 is 11.7 Å². The van der Waals surface area contributed by atoms with Gasteiger partial charge in [-0.15, -0.1) is 5.10 Å². The van der Waals surface area contributed by atoms with Crippen LogP contribution < -0.4 is 5.32 Å². The van der Waals surface area contributed by atoms with E-state index in [9.17, 15) is 9.18 Å². The van der Waals surface area contributed by atoms with Gasteiger partial charge in [0.1, 0.15) is 5.82 Å². The molecule has 5 nitrogen and oxygen atoms in total. The molecule has 0 radical (unpaired) electrons. The minimum absolute atomic E-state index is 0.119. The quantitative estimate of drug-likeness (QED) is 0.922. The van der Waals surface area contributed by atoms with Crippen LogP contribution in [0.2, 0.25) is 0 Å². The van der Waals surface area contributed by atoms with E-state index in [4.69, 9.17) is 0 Å². The Hall–Kier alpha value is -1.89. The fraction of sp³-hybridized carbons (Fsp3) is 0.167. The van der Waals surface area contributed by atoms with Gasteiger partial charge < -0.3 is 0 Å². The number of halogens is 2. The van der Waals surface area contributed by atoms with Gasteiger partial charge in [0.25, 0.3) is 5.91 Å². The fourth-order valence-electron chi connectivity index (χ4n) is 1.32. The number of aryl methyl sites for hydroxylation is 2. The Morgan fingerprint density at radius 2 is 2.00 bits per heavy atom. The summed E-state index contributed by atoms with van der Waals surface area (Å²) >= 11 is 3.02.